The van der Waals surface area contributed by atoms with E-state index in [1.807, 2.05) is 0 Å². The van der Waals surface area contributed by atoms with E-state index in [4.69, 9.17) is 20.7 Å². The van der Waals surface area contributed by atoms with Crippen LogP contribution in [0.3, 0.4) is 0 Å². The van der Waals surface area contributed by atoms with Gasteiger partial charge in [-0.3, -0.25) is 4.79 Å². The molecule has 0 spiro atoms. The highest BCUT2D eigenvalue weighted by molar-refractivity contribution is 5.72. The summed E-state index contributed by atoms with van der Waals surface area (Å²) in [7, 11) is 0. The Kier molecular flexibility index (Phi) is 15.3. The topological polar surface area (TPSA) is 92.8 Å². The Morgan fingerprint density at radius 3 is 1.77 bits per heavy atom. The van der Waals surface area contributed by atoms with Gasteiger partial charge in [0.1, 0.15) is 5.75 Å². The van der Waals surface area contributed by atoms with Crippen molar-refractivity contribution in [2.24, 2.45) is 5.73 Å². The van der Waals surface area contributed by atoms with Crippen LogP contribution in [0.2, 0.25) is 0 Å². The van der Waals surface area contributed by atoms with Crippen LogP contribution in [0.15, 0.2) is 24.3 Å². The largest absolute Gasteiger partial charge is 0.427 e. The molecule has 0 saturated heterocycles. The summed E-state index contributed by atoms with van der Waals surface area (Å²) >= 11 is 0. The molecule has 0 aromatic heterocycles. The zero-order valence-corrected chi connectivity index (χ0v) is 18.9. The monoisotopic (exact) mass is 421 g/mol. The van der Waals surface area contributed by atoms with Gasteiger partial charge in [0.15, 0.2) is 6.29 Å². The molecule has 30 heavy (non-hydrogen) atoms. The molecule has 5 nitrogen and oxygen atoms in total. The molecule has 5 heteroatoms. The minimum Gasteiger partial charge on any atom is -0.427 e. The van der Waals surface area contributed by atoms with E-state index < -0.39 is 12.3 Å². The first-order valence-corrected chi connectivity index (χ1v) is 11.9. The molecule has 0 aliphatic rings. The van der Waals surface area contributed by atoms with Crippen molar-refractivity contribution >= 4 is 5.97 Å². The molecule has 0 aliphatic carbocycles. The molecule has 1 aromatic rings. The molecule has 1 atom stereocenters. The van der Waals surface area contributed by atoms with Gasteiger partial charge in [0, 0.05) is 6.42 Å². The van der Waals surface area contributed by atoms with Crippen molar-refractivity contribution in [3.8, 4) is 5.75 Å². The van der Waals surface area contributed by atoms with E-state index in [9.17, 15) is 4.79 Å². The molecule has 1 aromatic carbocycles. The second-order valence-corrected chi connectivity index (χ2v) is 8.39. The lowest BCUT2D eigenvalue weighted by Crippen LogP contribution is -2.36. The minimum atomic E-state index is -1.54. The van der Waals surface area contributed by atoms with Gasteiger partial charge >= 0.3 is 5.97 Å². The SMILES string of the molecule is CCCCCCCCCCCCCCCC(=O)Oc1ccc(C[C@H](N)C(O)O)cc1. The first-order chi connectivity index (χ1) is 14.5. The van der Waals surface area contributed by atoms with E-state index in [1.54, 1.807) is 24.3 Å². The molecule has 1 rings (SSSR count). The average Bonchev–Trinajstić information content (AvgIpc) is 2.72. The lowest BCUT2D eigenvalue weighted by molar-refractivity contribution is -0.134. The molecule has 0 aliphatic heterocycles. The van der Waals surface area contributed by atoms with Crippen LogP contribution in [-0.2, 0) is 11.2 Å². The number of esters is 1. The lowest BCUT2D eigenvalue weighted by Gasteiger charge is -2.13. The van der Waals surface area contributed by atoms with Gasteiger partial charge in [-0.05, 0) is 30.5 Å². The number of nitrogens with two attached hydrogens (primary N) is 1. The Hall–Kier alpha value is -1.43. The predicted molar refractivity (Wildman–Crippen MR) is 122 cm³/mol. The van der Waals surface area contributed by atoms with Crippen LogP contribution in [-0.4, -0.2) is 28.5 Å². The fourth-order valence-electron chi connectivity index (χ4n) is 3.54. The Morgan fingerprint density at radius 1 is 0.833 bits per heavy atom. The molecule has 0 fully saturated rings. The van der Waals surface area contributed by atoms with E-state index in [-0.39, 0.29) is 5.97 Å². The van der Waals surface area contributed by atoms with Crippen molar-refractivity contribution in [2.75, 3.05) is 0 Å². The van der Waals surface area contributed by atoms with Crippen molar-refractivity contribution in [3.05, 3.63) is 29.8 Å². The zero-order chi connectivity index (χ0) is 22.0. The van der Waals surface area contributed by atoms with E-state index in [1.165, 1.54) is 70.6 Å². The van der Waals surface area contributed by atoms with E-state index in [0.717, 1.165) is 18.4 Å². The third kappa shape index (κ3) is 13.7. The second kappa shape index (κ2) is 17.3. The molecular formula is C25H43NO4. The lowest BCUT2D eigenvalue weighted by atomic mass is 10.0. The van der Waals surface area contributed by atoms with Crippen molar-refractivity contribution in [1.82, 2.24) is 0 Å². The number of hydrogen-bond donors (Lipinski definition) is 3. The van der Waals surface area contributed by atoms with Gasteiger partial charge in [-0.15, -0.1) is 0 Å². The number of carbonyl (C=O) groups is 1. The summed E-state index contributed by atoms with van der Waals surface area (Å²) in [6.45, 7) is 2.26. The maximum atomic E-state index is 12.0. The van der Waals surface area contributed by atoms with Crippen LogP contribution in [0.1, 0.15) is 102 Å². The first-order valence-electron chi connectivity index (χ1n) is 11.9. The van der Waals surface area contributed by atoms with E-state index in [2.05, 4.69) is 6.92 Å². The molecule has 172 valence electrons. The highest BCUT2D eigenvalue weighted by atomic mass is 16.5. The van der Waals surface area contributed by atoms with Gasteiger partial charge in [0.05, 0.1) is 6.04 Å². The number of aliphatic hydroxyl groups is 2. The summed E-state index contributed by atoms with van der Waals surface area (Å²) in [5.41, 5.74) is 6.49. The Balaban J connectivity index is 1.99. The maximum Gasteiger partial charge on any atom is 0.311 e. The smallest absolute Gasteiger partial charge is 0.311 e. The van der Waals surface area contributed by atoms with Gasteiger partial charge < -0.3 is 20.7 Å². The third-order valence-corrected chi connectivity index (χ3v) is 5.49. The first kappa shape index (κ1) is 26.6. The highest BCUT2D eigenvalue weighted by Crippen LogP contribution is 2.16. The van der Waals surface area contributed by atoms with Crippen molar-refractivity contribution in [1.29, 1.82) is 0 Å². The zero-order valence-electron chi connectivity index (χ0n) is 18.9. The van der Waals surface area contributed by atoms with Gasteiger partial charge in [0.2, 0.25) is 0 Å². The number of unbranched alkanes of at least 4 members (excludes halogenated alkanes) is 12. The molecule has 0 bridgehead atoms. The molecule has 0 amide bonds. The second-order valence-electron chi connectivity index (χ2n) is 8.39. The average molecular weight is 422 g/mol. The standard InChI is InChI=1S/C25H43NO4/c1-2-3-4-5-6-7-8-9-10-11-12-13-14-15-24(27)30-22-18-16-21(17-19-22)20-23(26)25(28)29/h16-19,23,25,28-29H,2-15,20,26H2,1H3/t23-/m0/s1. The summed E-state index contributed by atoms with van der Waals surface area (Å²) in [5.74, 6) is 0.310. The number of benzene rings is 1. The van der Waals surface area contributed by atoms with Crippen molar-refractivity contribution in [3.63, 3.8) is 0 Å². The summed E-state index contributed by atoms with van der Waals surface area (Å²) in [5, 5.41) is 18.1. The number of hydrogen-bond acceptors (Lipinski definition) is 5. The summed E-state index contributed by atoms with van der Waals surface area (Å²) < 4.78 is 5.36. The van der Waals surface area contributed by atoms with Gasteiger partial charge in [0.25, 0.3) is 0 Å². The fourth-order valence-corrected chi connectivity index (χ4v) is 3.54. The Labute approximate surface area is 183 Å². The third-order valence-electron chi connectivity index (χ3n) is 5.49. The van der Waals surface area contributed by atoms with Gasteiger partial charge in [-0.1, -0.05) is 96.1 Å². The van der Waals surface area contributed by atoms with Crippen LogP contribution in [0, 0.1) is 0 Å². The number of carbonyl (C=O) groups excluding carboxylic acids is 1. The quantitative estimate of drug-likeness (QED) is 0.130. The minimum absolute atomic E-state index is 0.201. The molecule has 0 saturated carbocycles. The Morgan fingerprint density at radius 2 is 1.30 bits per heavy atom. The molecule has 0 heterocycles. The number of rotatable bonds is 18. The van der Waals surface area contributed by atoms with Gasteiger partial charge in [-0.25, -0.2) is 0 Å². The highest BCUT2D eigenvalue weighted by Gasteiger charge is 2.12. The Bertz CT molecular complexity index is 545. The van der Waals surface area contributed by atoms with Crippen LogP contribution in [0.5, 0.6) is 5.75 Å². The maximum absolute atomic E-state index is 12.0. The number of aliphatic hydroxyl groups excluding tert-OH is 1. The fraction of sp³-hybridized carbons (Fsp3) is 0.720. The molecule has 0 radical (unpaired) electrons. The van der Waals surface area contributed by atoms with E-state index in [0.29, 0.717) is 18.6 Å². The van der Waals surface area contributed by atoms with Crippen LogP contribution in [0.25, 0.3) is 0 Å². The van der Waals surface area contributed by atoms with Crippen LogP contribution < -0.4 is 10.5 Å². The molecule has 0 unspecified atom stereocenters. The molecule has 4 N–H and O–H groups in total. The van der Waals surface area contributed by atoms with Crippen LogP contribution >= 0.6 is 0 Å². The van der Waals surface area contributed by atoms with E-state index >= 15 is 0 Å². The normalized spacial score (nSPS) is 12.3. The summed E-state index contributed by atoms with van der Waals surface area (Å²) in [4.78, 5) is 12.0. The van der Waals surface area contributed by atoms with Crippen molar-refractivity contribution in [2.45, 2.75) is 116 Å². The van der Waals surface area contributed by atoms with Crippen LogP contribution in [0.4, 0.5) is 0 Å². The van der Waals surface area contributed by atoms with Crippen molar-refractivity contribution < 1.29 is 19.7 Å². The number of ether oxygens (including phenoxy) is 1. The van der Waals surface area contributed by atoms with Gasteiger partial charge in [-0.2, -0.15) is 0 Å². The predicted octanol–water partition coefficient (Wildman–Crippen LogP) is 5.25. The summed E-state index contributed by atoms with van der Waals surface area (Å²) in [6.07, 6.45) is 15.9. The summed E-state index contributed by atoms with van der Waals surface area (Å²) in [6, 6.07) is 6.28. The molecular weight excluding hydrogens is 378 g/mol.